The summed E-state index contributed by atoms with van der Waals surface area (Å²) in [6.45, 7) is 0. The molecule has 18 heavy (non-hydrogen) atoms. The summed E-state index contributed by atoms with van der Waals surface area (Å²) in [6, 6.07) is 7.34. The molecule has 0 N–H and O–H groups in total. The monoisotopic (exact) mass is 261 g/mol. The highest BCUT2D eigenvalue weighted by Crippen LogP contribution is 2.24. The lowest BCUT2D eigenvalue weighted by Gasteiger charge is -1.98. The lowest BCUT2D eigenvalue weighted by Crippen LogP contribution is -1.85. The van der Waals surface area contributed by atoms with Gasteiger partial charge in [0.2, 0.25) is 0 Å². The van der Waals surface area contributed by atoms with Crippen molar-refractivity contribution in [2.45, 2.75) is 19.3 Å². The Labute approximate surface area is 110 Å². The van der Waals surface area contributed by atoms with Crippen LogP contribution in [-0.2, 0) is 6.42 Å². The minimum Gasteiger partial charge on any atom is -0.204 e. The Morgan fingerprint density at radius 3 is 2.89 bits per heavy atom. The lowest BCUT2D eigenvalue weighted by molar-refractivity contribution is 0.796. The van der Waals surface area contributed by atoms with E-state index in [0.29, 0.717) is 11.4 Å². The molecular weight excluding hydrogens is 250 g/mol. The van der Waals surface area contributed by atoms with E-state index >= 15 is 0 Å². The number of rotatable bonds is 5. The molecule has 92 valence electrons. The predicted molar refractivity (Wildman–Crippen MR) is 71.5 cm³/mol. The fourth-order valence-electron chi connectivity index (χ4n) is 2.03. The summed E-state index contributed by atoms with van der Waals surface area (Å²) >= 11 is 5.65. The summed E-state index contributed by atoms with van der Waals surface area (Å²) in [4.78, 5) is 10.7. The Morgan fingerprint density at radius 1 is 1.39 bits per heavy atom. The lowest BCUT2D eigenvalue weighted by atomic mass is 10.1. The Bertz CT molecular complexity index is 612. The number of aryl methyl sites for hydroxylation is 1. The van der Waals surface area contributed by atoms with Crippen LogP contribution < -0.4 is 0 Å². The van der Waals surface area contributed by atoms with Crippen LogP contribution in [-0.4, -0.2) is 10.6 Å². The molecule has 4 nitrogen and oxygen atoms in total. The number of nitriles is 1. The minimum atomic E-state index is 0.588. The van der Waals surface area contributed by atoms with Gasteiger partial charge in [-0.2, -0.15) is 5.26 Å². The fraction of sp³-hybridized carbons (Fsp3) is 0.308. The molecule has 5 heteroatoms. The summed E-state index contributed by atoms with van der Waals surface area (Å²) in [5.41, 5.74) is 2.36. The highest BCUT2D eigenvalue weighted by atomic mass is 35.5. The van der Waals surface area contributed by atoms with Gasteiger partial charge in [0, 0.05) is 17.5 Å². The molecule has 1 heterocycles. The van der Waals surface area contributed by atoms with Crippen molar-refractivity contribution in [2.24, 2.45) is 5.29 Å². The number of nitroso groups, excluding NO2 is 1. The number of hydrogen-bond acceptors (Lipinski definition) is 3. The maximum Gasteiger partial charge on any atom is 0.0991 e. The third-order valence-electron chi connectivity index (χ3n) is 2.91. The molecule has 0 unspecified atom stereocenters. The maximum absolute atomic E-state index is 10.7. The normalized spacial score (nSPS) is 10.4. The average Bonchev–Trinajstić information content (AvgIpc) is 2.76. The van der Waals surface area contributed by atoms with Crippen LogP contribution in [0.5, 0.6) is 0 Å². The summed E-state index contributed by atoms with van der Waals surface area (Å²) in [6.07, 6.45) is 4.45. The fourth-order valence-corrected chi connectivity index (χ4v) is 2.21. The standard InChI is InChI=1S/C13H12ClN3O/c14-6-2-1-3-11-9-17(16-18)13-5-4-10(8-15)7-12(11)13/h4-5,7,9H,1-3,6H2. The van der Waals surface area contributed by atoms with Crippen LogP contribution in [0.1, 0.15) is 24.0 Å². The van der Waals surface area contributed by atoms with Gasteiger partial charge in [0.25, 0.3) is 0 Å². The number of alkyl halides is 1. The first-order valence-electron chi connectivity index (χ1n) is 5.74. The first-order valence-corrected chi connectivity index (χ1v) is 6.27. The van der Waals surface area contributed by atoms with Crippen molar-refractivity contribution in [3.63, 3.8) is 0 Å². The number of unbranched alkanes of at least 4 members (excludes halogenated alkanes) is 1. The van der Waals surface area contributed by atoms with Crippen LogP contribution in [0, 0.1) is 16.2 Å². The molecule has 1 aromatic carbocycles. The van der Waals surface area contributed by atoms with E-state index in [1.807, 2.05) is 0 Å². The van der Waals surface area contributed by atoms with Crippen molar-refractivity contribution in [3.8, 4) is 6.07 Å². The zero-order chi connectivity index (χ0) is 13.0. The number of aromatic nitrogens is 1. The first-order chi connectivity index (χ1) is 8.80. The second-order valence-electron chi connectivity index (χ2n) is 4.07. The van der Waals surface area contributed by atoms with Crippen LogP contribution in [0.2, 0.25) is 0 Å². The maximum atomic E-state index is 10.7. The SMILES string of the molecule is N#Cc1ccc2c(c1)c(CCCCCl)cn2N=O. The number of halogens is 1. The smallest absolute Gasteiger partial charge is 0.0991 e. The van der Waals surface area contributed by atoms with Gasteiger partial charge in [-0.3, -0.25) is 0 Å². The molecular formula is C13H12ClN3O. The Morgan fingerprint density at radius 2 is 2.22 bits per heavy atom. The van der Waals surface area contributed by atoms with Crippen LogP contribution in [0.4, 0.5) is 0 Å². The highest BCUT2D eigenvalue weighted by molar-refractivity contribution is 6.17. The van der Waals surface area contributed by atoms with Gasteiger partial charge in [-0.05, 0) is 43.0 Å². The first kappa shape index (κ1) is 12.6. The minimum absolute atomic E-state index is 0.588. The summed E-state index contributed by atoms with van der Waals surface area (Å²) in [5.74, 6) is 0.633. The van der Waals surface area contributed by atoms with Crippen LogP contribution in [0.15, 0.2) is 29.7 Å². The zero-order valence-corrected chi connectivity index (χ0v) is 10.5. The topological polar surface area (TPSA) is 58.1 Å². The predicted octanol–water partition coefficient (Wildman–Crippen LogP) is 3.60. The molecule has 0 radical (unpaired) electrons. The molecule has 0 aliphatic heterocycles. The molecule has 2 rings (SSSR count). The highest BCUT2D eigenvalue weighted by Gasteiger charge is 2.09. The van der Waals surface area contributed by atoms with E-state index < -0.39 is 0 Å². The van der Waals surface area contributed by atoms with E-state index in [4.69, 9.17) is 16.9 Å². The van der Waals surface area contributed by atoms with Gasteiger partial charge in [-0.25, -0.2) is 4.68 Å². The number of nitrogens with zero attached hydrogens (tertiary/aromatic N) is 3. The molecule has 0 atom stereocenters. The van der Waals surface area contributed by atoms with Crippen LogP contribution in [0.25, 0.3) is 10.9 Å². The van der Waals surface area contributed by atoms with E-state index in [-0.39, 0.29) is 0 Å². The summed E-state index contributed by atoms with van der Waals surface area (Å²) in [5, 5.41) is 12.8. The summed E-state index contributed by atoms with van der Waals surface area (Å²) in [7, 11) is 0. The Hall–Kier alpha value is -1.86. The molecule has 0 saturated carbocycles. The molecule has 0 aliphatic carbocycles. The second kappa shape index (κ2) is 5.65. The molecule has 0 spiro atoms. The molecule has 2 aromatic rings. The van der Waals surface area contributed by atoms with Gasteiger partial charge in [0.1, 0.15) is 0 Å². The molecule has 0 saturated heterocycles. The van der Waals surface area contributed by atoms with Crippen molar-refractivity contribution < 1.29 is 0 Å². The van der Waals surface area contributed by atoms with Gasteiger partial charge < -0.3 is 0 Å². The number of benzene rings is 1. The molecule has 0 aliphatic rings. The third kappa shape index (κ3) is 2.36. The van der Waals surface area contributed by atoms with E-state index in [9.17, 15) is 4.91 Å². The van der Waals surface area contributed by atoms with E-state index in [0.717, 1.165) is 35.7 Å². The van der Waals surface area contributed by atoms with Crippen molar-refractivity contribution in [2.75, 3.05) is 5.88 Å². The van der Waals surface area contributed by atoms with Crippen molar-refractivity contribution >= 4 is 22.5 Å². The largest absolute Gasteiger partial charge is 0.204 e. The zero-order valence-electron chi connectivity index (χ0n) is 9.77. The molecule has 0 fully saturated rings. The van der Waals surface area contributed by atoms with E-state index in [1.165, 1.54) is 4.68 Å². The molecule has 0 bridgehead atoms. The molecule has 0 amide bonds. The Balaban J connectivity index is 2.44. The summed E-state index contributed by atoms with van der Waals surface area (Å²) < 4.78 is 1.31. The van der Waals surface area contributed by atoms with Gasteiger partial charge in [0.15, 0.2) is 0 Å². The van der Waals surface area contributed by atoms with E-state index in [2.05, 4.69) is 11.4 Å². The average molecular weight is 262 g/mol. The van der Waals surface area contributed by atoms with Crippen molar-refractivity contribution in [3.05, 3.63) is 40.4 Å². The van der Waals surface area contributed by atoms with Gasteiger partial charge in [-0.1, -0.05) is 0 Å². The van der Waals surface area contributed by atoms with Gasteiger partial charge >= 0.3 is 0 Å². The number of fused-ring (bicyclic) bond motifs is 1. The van der Waals surface area contributed by atoms with Crippen molar-refractivity contribution in [1.29, 1.82) is 5.26 Å². The second-order valence-corrected chi connectivity index (χ2v) is 4.45. The van der Waals surface area contributed by atoms with Crippen LogP contribution in [0.3, 0.4) is 0 Å². The van der Waals surface area contributed by atoms with E-state index in [1.54, 1.807) is 24.4 Å². The van der Waals surface area contributed by atoms with Crippen molar-refractivity contribution in [1.82, 2.24) is 4.68 Å². The quantitative estimate of drug-likeness (QED) is 0.469. The number of hydrogen-bond donors (Lipinski definition) is 0. The Kier molecular flexibility index (Phi) is 3.96. The van der Waals surface area contributed by atoms with Gasteiger partial charge in [-0.15, -0.1) is 16.5 Å². The van der Waals surface area contributed by atoms with Crippen LogP contribution >= 0.6 is 11.6 Å². The third-order valence-corrected chi connectivity index (χ3v) is 3.18. The van der Waals surface area contributed by atoms with Gasteiger partial charge in [0.05, 0.1) is 22.4 Å². The molecule has 1 aromatic heterocycles.